The van der Waals surface area contributed by atoms with Crippen LogP contribution in [-0.2, 0) is 49.5 Å². The third kappa shape index (κ3) is 11.7. The first-order chi connectivity index (χ1) is 23.4. The third-order valence-corrected chi connectivity index (χ3v) is 7.22. The summed E-state index contributed by atoms with van der Waals surface area (Å²) in [6, 6.07) is 15.3. The molecule has 5 amide bonds. The van der Waals surface area contributed by atoms with Gasteiger partial charge < -0.3 is 34.5 Å². The quantitative estimate of drug-likeness (QED) is 0.120. The van der Waals surface area contributed by atoms with E-state index in [-0.39, 0.29) is 56.9 Å². The minimum Gasteiger partial charge on any atom is -0.377 e. The Morgan fingerprint density at radius 1 is 0.667 bits per heavy atom. The van der Waals surface area contributed by atoms with Crippen LogP contribution in [0.3, 0.4) is 0 Å². The first-order valence-electron chi connectivity index (χ1n) is 15.8. The van der Waals surface area contributed by atoms with E-state index in [1.807, 2.05) is 48.5 Å². The van der Waals surface area contributed by atoms with Crippen molar-refractivity contribution < 1.29 is 42.9 Å². The Kier molecular flexibility index (Phi) is 14.8. The maximum Gasteiger partial charge on any atom is 0.253 e. The molecule has 4 rings (SSSR count). The molecule has 2 aliphatic rings. The molecule has 0 aliphatic carbocycles. The Labute approximate surface area is 279 Å². The van der Waals surface area contributed by atoms with Gasteiger partial charge in [-0.2, -0.15) is 0 Å². The minimum atomic E-state index is -0.410. The highest BCUT2D eigenvalue weighted by atomic mass is 16.6. The van der Waals surface area contributed by atoms with Gasteiger partial charge in [0, 0.05) is 55.8 Å². The number of anilines is 1. The Morgan fingerprint density at radius 2 is 1.25 bits per heavy atom. The van der Waals surface area contributed by atoms with E-state index in [1.165, 1.54) is 12.2 Å². The minimum absolute atomic E-state index is 0.0329. The van der Waals surface area contributed by atoms with Crippen LogP contribution in [0, 0.1) is 11.8 Å². The topological polar surface area (TPSA) is 153 Å². The molecule has 2 N–H and O–H groups in total. The van der Waals surface area contributed by atoms with Gasteiger partial charge in [-0.25, -0.2) is 0 Å². The van der Waals surface area contributed by atoms with Gasteiger partial charge in [0.25, 0.3) is 11.8 Å². The average molecular weight is 661 g/mol. The van der Waals surface area contributed by atoms with E-state index in [4.69, 9.17) is 18.9 Å². The number of amides is 5. The summed E-state index contributed by atoms with van der Waals surface area (Å²) < 4.78 is 21.6. The summed E-state index contributed by atoms with van der Waals surface area (Å²) in [6.45, 7) is 3.01. The van der Waals surface area contributed by atoms with Crippen LogP contribution in [0.2, 0.25) is 0 Å². The van der Waals surface area contributed by atoms with Crippen molar-refractivity contribution in [1.29, 1.82) is 0 Å². The van der Waals surface area contributed by atoms with Gasteiger partial charge in [-0.15, -0.1) is 0 Å². The molecule has 2 aliphatic heterocycles. The molecule has 0 saturated heterocycles. The lowest BCUT2D eigenvalue weighted by molar-refractivity contribution is -0.137. The molecule has 0 unspecified atom stereocenters. The molecular weight excluding hydrogens is 620 g/mol. The SMILES string of the molecule is O=C(CCN1C(=O)C=CC1=O)NCCOCCOCCOCCOCC(=O)NCCC(=O)N1Cc2ccccc2C#Cc2ccccc21. The monoisotopic (exact) mass is 660 g/mol. The highest BCUT2D eigenvalue weighted by Gasteiger charge is 2.23. The maximum atomic E-state index is 13.2. The smallest absolute Gasteiger partial charge is 0.253 e. The Hall–Kier alpha value is -4.87. The van der Waals surface area contributed by atoms with Crippen LogP contribution in [0.1, 0.15) is 29.5 Å². The van der Waals surface area contributed by atoms with Gasteiger partial charge in [0.1, 0.15) is 6.61 Å². The molecular formula is C35H40N4O9. The molecule has 48 heavy (non-hydrogen) atoms. The first-order valence-corrected chi connectivity index (χ1v) is 15.8. The summed E-state index contributed by atoms with van der Waals surface area (Å²) in [4.78, 5) is 62.9. The second kappa shape index (κ2) is 19.7. The van der Waals surface area contributed by atoms with Crippen molar-refractivity contribution in [3.05, 3.63) is 77.4 Å². The van der Waals surface area contributed by atoms with Crippen molar-refractivity contribution in [1.82, 2.24) is 15.5 Å². The third-order valence-electron chi connectivity index (χ3n) is 7.22. The fourth-order valence-electron chi connectivity index (χ4n) is 4.74. The Balaban J connectivity index is 0.958. The highest BCUT2D eigenvalue weighted by molar-refractivity contribution is 6.13. The Bertz CT molecular complexity index is 1510. The van der Waals surface area contributed by atoms with Crippen LogP contribution in [0.5, 0.6) is 0 Å². The molecule has 0 aromatic heterocycles. The van der Waals surface area contributed by atoms with Crippen molar-refractivity contribution in [2.24, 2.45) is 0 Å². The number of nitrogens with one attached hydrogen (secondary N) is 2. The summed E-state index contributed by atoms with van der Waals surface area (Å²) in [5.74, 6) is 4.85. The van der Waals surface area contributed by atoms with E-state index in [0.717, 1.165) is 27.3 Å². The number of rotatable bonds is 20. The summed E-state index contributed by atoms with van der Waals surface area (Å²) >= 11 is 0. The standard InChI is InChI=1S/C35H40N4O9/c40-31(14-17-38-33(42)11-12-34(38)43)37-16-18-45-19-20-46-21-22-47-23-24-48-26-32(41)36-15-13-35(44)39-25-29-7-2-1-5-27(29)9-10-28-6-3-4-8-30(28)39/h1-8,11-12H,13-26H2,(H,36,41)(H,37,40). The zero-order valence-corrected chi connectivity index (χ0v) is 26.7. The van der Waals surface area contributed by atoms with E-state index in [9.17, 15) is 24.0 Å². The normalized spacial score (nSPS) is 13.2. The second-order valence-electron chi connectivity index (χ2n) is 10.7. The van der Waals surface area contributed by atoms with Gasteiger partial charge in [0.05, 0.1) is 58.5 Å². The van der Waals surface area contributed by atoms with Crippen LogP contribution in [0.25, 0.3) is 0 Å². The lowest BCUT2D eigenvalue weighted by atomic mass is 10.0. The number of imide groups is 1. The lowest BCUT2D eigenvalue weighted by Gasteiger charge is -2.26. The molecule has 13 nitrogen and oxygen atoms in total. The first kappa shape index (κ1) is 36.0. The summed E-state index contributed by atoms with van der Waals surface area (Å²) in [5, 5.41) is 5.40. The molecule has 0 bridgehead atoms. The fraction of sp³-hybridized carbons (Fsp3) is 0.400. The number of carbonyl (C=O) groups excluding carboxylic acids is 5. The zero-order valence-electron chi connectivity index (χ0n) is 26.7. The number of fused-ring (bicyclic) bond motifs is 2. The van der Waals surface area contributed by atoms with Crippen LogP contribution in [0.4, 0.5) is 5.69 Å². The number of nitrogens with zero attached hydrogens (tertiary/aromatic N) is 2. The lowest BCUT2D eigenvalue weighted by Crippen LogP contribution is -2.36. The fourth-order valence-corrected chi connectivity index (χ4v) is 4.74. The van der Waals surface area contributed by atoms with Crippen molar-refractivity contribution in [2.45, 2.75) is 19.4 Å². The number of hydrogen-bond donors (Lipinski definition) is 2. The molecule has 2 aromatic carbocycles. The average Bonchev–Trinajstić information content (AvgIpc) is 3.40. The van der Waals surface area contributed by atoms with Gasteiger partial charge in [-0.1, -0.05) is 42.2 Å². The number of hydrogen-bond acceptors (Lipinski definition) is 9. The number of benzene rings is 2. The zero-order chi connectivity index (χ0) is 34.0. The van der Waals surface area contributed by atoms with Gasteiger partial charge in [0.2, 0.25) is 17.7 Å². The van der Waals surface area contributed by atoms with E-state index < -0.39 is 11.8 Å². The van der Waals surface area contributed by atoms with Crippen molar-refractivity contribution >= 4 is 35.2 Å². The molecule has 0 fully saturated rings. The summed E-state index contributed by atoms with van der Waals surface area (Å²) in [6.07, 6.45) is 2.53. The van der Waals surface area contributed by atoms with Gasteiger partial charge >= 0.3 is 0 Å². The van der Waals surface area contributed by atoms with E-state index >= 15 is 0 Å². The van der Waals surface area contributed by atoms with Crippen molar-refractivity contribution in [3.63, 3.8) is 0 Å². The second-order valence-corrected chi connectivity index (χ2v) is 10.7. The molecule has 0 atom stereocenters. The van der Waals surface area contributed by atoms with Crippen molar-refractivity contribution in [3.8, 4) is 11.8 Å². The van der Waals surface area contributed by atoms with Crippen LogP contribution < -0.4 is 15.5 Å². The summed E-state index contributed by atoms with van der Waals surface area (Å²) in [5.41, 5.74) is 3.38. The largest absolute Gasteiger partial charge is 0.377 e. The highest BCUT2D eigenvalue weighted by Crippen LogP contribution is 2.25. The number of carbonyl (C=O) groups is 5. The molecule has 0 radical (unpaired) electrons. The van der Waals surface area contributed by atoms with Gasteiger partial charge in [-0.05, 0) is 23.8 Å². The molecule has 0 saturated carbocycles. The molecule has 2 aromatic rings. The van der Waals surface area contributed by atoms with Crippen LogP contribution >= 0.6 is 0 Å². The molecule has 13 heteroatoms. The van der Waals surface area contributed by atoms with Crippen molar-refractivity contribution in [2.75, 3.05) is 77.4 Å². The van der Waals surface area contributed by atoms with Crippen LogP contribution in [0.15, 0.2) is 60.7 Å². The van der Waals surface area contributed by atoms with Crippen LogP contribution in [-0.4, -0.2) is 107 Å². The predicted molar refractivity (Wildman–Crippen MR) is 174 cm³/mol. The number of para-hydroxylation sites is 1. The Morgan fingerprint density at radius 3 is 1.98 bits per heavy atom. The van der Waals surface area contributed by atoms with E-state index in [0.29, 0.717) is 52.7 Å². The summed E-state index contributed by atoms with van der Waals surface area (Å²) in [7, 11) is 0. The van der Waals surface area contributed by atoms with Gasteiger partial charge in [0.15, 0.2) is 0 Å². The number of ether oxygens (including phenoxy) is 4. The molecule has 0 spiro atoms. The van der Waals surface area contributed by atoms with Gasteiger partial charge in [-0.3, -0.25) is 28.9 Å². The molecule has 254 valence electrons. The maximum absolute atomic E-state index is 13.2. The molecule has 2 heterocycles. The van der Waals surface area contributed by atoms with E-state index in [2.05, 4.69) is 22.5 Å². The predicted octanol–water partition coefficient (Wildman–Crippen LogP) is 0.937. The van der Waals surface area contributed by atoms with E-state index in [1.54, 1.807) is 4.90 Å².